The fourth-order valence-electron chi connectivity index (χ4n) is 1.93. The topological polar surface area (TPSA) is 76.4 Å². The summed E-state index contributed by atoms with van der Waals surface area (Å²) in [5, 5.41) is 2.84. The first-order chi connectivity index (χ1) is 9.77. The lowest BCUT2D eigenvalue weighted by Gasteiger charge is -2.14. The second-order valence-corrected chi connectivity index (χ2v) is 7.00. The highest BCUT2D eigenvalue weighted by Crippen LogP contribution is 2.17. The highest BCUT2D eigenvalue weighted by atomic mass is 32.2. The molecule has 1 aromatic heterocycles. The molecule has 0 saturated carbocycles. The summed E-state index contributed by atoms with van der Waals surface area (Å²) in [7, 11) is -3.21. The second kappa shape index (κ2) is 5.73. The Bertz CT molecular complexity index is 744. The Morgan fingerprint density at radius 1 is 1.24 bits per heavy atom. The van der Waals surface area contributed by atoms with Crippen molar-refractivity contribution < 1.29 is 17.6 Å². The van der Waals surface area contributed by atoms with E-state index in [0.29, 0.717) is 11.3 Å². The van der Waals surface area contributed by atoms with Crippen molar-refractivity contribution in [1.29, 1.82) is 0 Å². The molecule has 0 aliphatic carbocycles. The Kier molecular flexibility index (Phi) is 4.18. The number of rotatable bonds is 4. The fraction of sp³-hybridized carbons (Fsp3) is 0.267. The predicted molar refractivity (Wildman–Crippen MR) is 78.9 cm³/mol. The van der Waals surface area contributed by atoms with Crippen molar-refractivity contribution in [2.75, 3.05) is 6.26 Å². The van der Waals surface area contributed by atoms with Crippen LogP contribution in [-0.2, 0) is 9.84 Å². The van der Waals surface area contributed by atoms with E-state index in [1.165, 1.54) is 18.4 Å². The number of furan rings is 1. The molecule has 0 aliphatic heterocycles. The van der Waals surface area contributed by atoms with Gasteiger partial charge < -0.3 is 9.73 Å². The molecule has 5 nitrogen and oxygen atoms in total. The molecule has 1 unspecified atom stereocenters. The van der Waals surface area contributed by atoms with E-state index in [2.05, 4.69) is 5.32 Å². The van der Waals surface area contributed by atoms with Gasteiger partial charge in [0.25, 0.3) is 5.91 Å². The van der Waals surface area contributed by atoms with Crippen LogP contribution in [0.15, 0.2) is 45.9 Å². The normalized spacial score (nSPS) is 12.9. The number of carbonyl (C=O) groups is 1. The maximum Gasteiger partial charge on any atom is 0.255 e. The minimum absolute atomic E-state index is 0.230. The lowest BCUT2D eigenvalue weighted by molar-refractivity contribution is 0.0939. The summed E-state index contributed by atoms with van der Waals surface area (Å²) in [5.41, 5.74) is 1.29. The van der Waals surface area contributed by atoms with Crippen LogP contribution in [0.5, 0.6) is 0 Å². The average molecular weight is 307 g/mol. The van der Waals surface area contributed by atoms with E-state index in [1.807, 2.05) is 6.92 Å². The van der Waals surface area contributed by atoms with Crippen molar-refractivity contribution in [3.8, 4) is 0 Å². The first-order valence-corrected chi connectivity index (χ1v) is 8.32. The molecular formula is C15H17NO4S. The molecule has 0 aliphatic rings. The molecule has 1 heterocycles. The molecule has 1 aromatic carbocycles. The number of sulfone groups is 1. The van der Waals surface area contributed by atoms with Crippen LogP contribution in [0.3, 0.4) is 0 Å². The second-order valence-electron chi connectivity index (χ2n) is 4.98. The maximum absolute atomic E-state index is 12.0. The number of aryl methyl sites for hydroxylation is 1. The standard InChI is InChI=1S/C15H17NO4S/c1-10-8-13(9-20-10)15(17)16-11(2)12-4-6-14(7-5-12)21(3,18)19/h4-9,11H,1-3H3,(H,16,17). The lowest BCUT2D eigenvalue weighted by Crippen LogP contribution is -2.26. The zero-order chi connectivity index (χ0) is 15.6. The lowest BCUT2D eigenvalue weighted by atomic mass is 10.1. The van der Waals surface area contributed by atoms with Crippen LogP contribution >= 0.6 is 0 Å². The molecule has 0 saturated heterocycles. The van der Waals surface area contributed by atoms with Crippen molar-refractivity contribution in [3.63, 3.8) is 0 Å². The molecule has 6 heteroatoms. The average Bonchev–Trinajstić information content (AvgIpc) is 2.84. The van der Waals surface area contributed by atoms with Crippen LogP contribution in [0.25, 0.3) is 0 Å². The largest absolute Gasteiger partial charge is 0.469 e. The molecule has 1 amide bonds. The number of hydrogen-bond acceptors (Lipinski definition) is 4. The maximum atomic E-state index is 12.0. The third-order valence-corrected chi connectivity index (χ3v) is 4.28. The van der Waals surface area contributed by atoms with Crippen LogP contribution in [0, 0.1) is 6.92 Å². The Hall–Kier alpha value is -2.08. The summed E-state index contributed by atoms with van der Waals surface area (Å²) in [6.45, 7) is 3.60. The van der Waals surface area contributed by atoms with Crippen molar-refractivity contribution in [2.45, 2.75) is 24.8 Å². The summed E-state index contributed by atoms with van der Waals surface area (Å²) in [6.07, 6.45) is 2.57. The van der Waals surface area contributed by atoms with Crippen LogP contribution in [0.4, 0.5) is 0 Å². The van der Waals surface area contributed by atoms with Gasteiger partial charge in [0.15, 0.2) is 9.84 Å². The smallest absolute Gasteiger partial charge is 0.255 e. The Morgan fingerprint density at radius 3 is 2.33 bits per heavy atom. The highest BCUT2D eigenvalue weighted by molar-refractivity contribution is 7.90. The van der Waals surface area contributed by atoms with E-state index in [-0.39, 0.29) is 16.8 Å². The predicted octanol–water partition coefficient (Wildman–Crippen LogP) is 2.48. The molecule has 1 atom stereocenters. The van der Waals surface area contributed by atoms with E-state index in [0.717, 1.165) is 11.8 Å². The fourth-order valence-corrected chi connectivity index (χ4v) is 2.56. The molecule has 1 N–H and O–H groups in total. The number of carbonyl (C=O) groups excluding carboxylic acids is 1. The summed E-state index contributed by atoms with van der Waals surface area (Å²) < 4.78 is 27.9. The highest BCUT2D eigenvalue weighted by Gasteiger charge is 2.14. The quantitative estimate of drug-likeness (QED) is 0.941. The Morgan fingerprint density at radius 2 is 1.86 bits per heavy atom. The zero-order valence-corrected chi connectivity index (χ0v) is 12.9. The zero-order valence-electron chi connectivity index (χ0n) is 12.1. The molecular weight excluding hydrogens is 290 g/mol. The third-order valence-electron chi connectivity index (χ3n) is 3.15. The number of hydrogen-bond donors (Lipinski definition) is 1. The molecule has 2 aromatic rings. The summed E-state index contributed by atoms with van der Waals surface area (Å²) in [6, 6.07) is 7.89. The number of amides is 1. The molecule has 0 bridgehead atoms. The van der Waals surface area contributed by atoms with Gasteiger partial charge in [-0.15, -0.1) is 0 Å². The minimum Gasteiger partial charge on any atom is -0.469 e. The molecule has 0 radical (unpaired) electrons. The first-order valence-electron chi connectivity index (χ1n) is 6.43. The molecule has 112 valence electrons. The molecule has 21 heavy (non-hydrogen) atoms. The molecule has 0 fully saturated rings. The van der Waals surface area contributed by atoms with Gasteiger partial charge in [0.1, 0.15) is 12.0 Å². The van der Waals surface area contributed by atoms with E-state index < -0.39 is 9.84 Å². The van der Waals surface area contributed by atoms with E-state index in [1.54, 1.807) is 25.1 Å². The van der Waals surface area contributed by atoms with Crippen molar-refractivity contribution in [1.82, 2.24) is 5.32 Å². The van der Waals surface area contributed by atoms with Gasteiger partial charge >= 0.3 is 0 Å². The van der Waals surface area contributed by atoms with Crippen molar-refractivity contribution >= 4 is 15.7 Å². The van der Waals surface area contributed by atoms with Crippen molar-refractivity contribution in [2.24, 2.45) is 0 Å². The van der Waals surface area contributed by atoms with Gasteiger partial charge in [-0.2, -0.15) is 0 Å². The van der Waals surface area contributed by atoms with Gasteiger partial charge in [0.05, 0.1) is 16.5 Å². The van der Waals surface area contributed by atoms with E-state index in [4.69, 9.17) is 4.42 Å². The van der Waals surface area contributed by atoms with Gasteiger partial charge in [-0.1, -0.05) is 12.1 Å². The first kappa shape index (κ1) is 15.3. The Labute approximate surface area is 123 Å². The van der Waals surface area contributed by atoms with Gasteiger partial charge in [0.2, 0.25) is 0 Å². The van der Waals surface area contributed by atoms with Gasteiger partial charge in [-0.3, -0.25) is 4.79 Å². The molecule has 0 spiro atoms. The van der Waals surface area contributed by atoms with Gasteiger partial charge in [0, 0.05) is 6.26 Å². The van der Waals surface area contributed by atoms with Crippen LogP contribution in [0.2, 0.25) is 0 Å². The third kappa shape index (κ3) is 3.72. The minimum atomic E-state index is -3.21. The number of nitrogens with one attached hydrogen (secondary N) is 1. The number of benzene rings is 1. The van der Waals surface area contributed by atoms with Crippen LogP contribution < -0.4 is 5.32 Å². The summed E-state index contributed by atoms with van der Waals surface area (Å²) in [5.74, 6) is 0.442. The summed E-state index contributed by atoms with van der Waals surface area (Å²) in [4.78, 5) is 12.3. The van der Waals surface area contributed by atoms with Gasteiger partial charge in [-0.05, 0) is 37.6 Å². The van der Waals surface area contributed by atoms with E-state index >= 15 is 0 Å². The van der Waals surface area contributed by atoms with Crippen LogP contribution in [-0.4, -0.2) is 20.6 Å². The monoisotopic (exact) mass is 307 g/mol. The SMILES string of the molecule is Cc1cc(C(=O)NC(C)c2ccc(S(C)(=O)=O)cc2)co1. The van der Waals surface area contributed by atoms with Gasteiger partial charge in [-0.25, -0.2) is 8.42 Å². The molecule has 2 rings (SSSR count). The van der Waals surface area contributed by atoms with E-state index in [9.17, 15) is 13.2 Å². The van der Waals surface area contributed by atoms with Crippen LogP contribution in [0.1, 0.15) is 34.6 Å². The Balaban J connectivity index is 2.10. The summed E-state index contributed by atoms with van der Waals surface area (Å²) >= 11 is 0. The van der Waals surface area contributed by atoms with Crippen molar-refractivity contribution in [3.05, 3.63) is 53.5 Å².